The highest BCUT2D eigenvalue weighted by Crippen LogP contribution is 2.53. The van der Waals surface area contributed by atoms with Crippen LogP contribution >= 0.6 is 0 Å². The molecule has 2 aromatic rings. The Morgan fingerprint density at radius 2 is 1.58 bits per heavy atom. The topological polar surface area (TPSA) is 26.3 Å². The number of hydrogen-bond donors (Lipinski definition) is 0. The van der Waals surface area contributed by atoms with Crippen LogP contribution in [0.3, 0.4) is 0 Å². The van der Waals surface area contributed by atoms with Crippen LogP contribution in [0.25, 0.3) is 0 Å². The van der Waals surface area contributed by atoms with Crippen LogP contribution < -0.4 is 10.4 Å². The Morgan fingerprint density at radius 1 is 1.03 bits per heavy atom. The van der Waals surface area contributed by atoms with Crippen molar-refractivity contribution < 1.29 is 9.22 Å². The summed E-state index contributed by atoms with van der Waals surface area (Å²) in [6, 6.07) is 21.8. The van der Waals surface area contributed by atoms with Gasteiger partial charge in [0.1, 0.15) is 5.78 Å². The zero-order valence-electron chi connectivity index (χ0n) is 19.4. The van der Waals surface area contributed by atoms with Gasteiger partial charge in [-0.1, -0.05) is 94.4 Å². The lowest BCUT2D eigenvalue weighted by Crippen LogP contribution is -2.68. The Kier molecular flexibility index (Phi) is 6.11. The summed E-state index contributed by atoms with van der Waals surface area (Å²) in [4.78, 5) is 12.5. The number of allylic oxidation sites excluding steroid dienone is 1. The fourth-order valence-corrected chi connectivity index (χ4v) is 11.2. The standard InChI is InChI=1S/C28H36O2Si/c1-6-13-24-26(19-21-18-25(29)20(2)27(21)24)30-31(28(3,4)5,22-14-9-7-10-15-22)23-16-11-8-12-17-23/h6-12,14-17,20-21,24,26-27H,1,13,18-19H2,2-5H3/t20-,21+,24+,26-,27+/m1/s1. The van der Waals surface area contributed by atoms with Crippen LogP contribution in [0.5, 0.6) is 0 Å². The van der Waals surface area contributed by atoms with E-state index in [4.69, 9.17) is 4.43 Å². The van der Waals surface area contributed by atoms with Gasteiger partial charge in [-0.05, 0) is 46.0 Å². The van der Waals surface area contributed by atoms with Crippen molar-refractivity contribution in [3.8, 4) is 0 Å². The zero-order chi connectivity index (χ0) is 22.2. The van der Waals surface area contributed by atoms with Gasteiger partial charge in [-0.3, -0.25) is 4.79 Å². The summed E-state index contributed by atoms with van der Waals surface area (Å²) >= 11 is 0. The molecule has 0 unspecified atom stereocenters. The van der Waals surface area contributed by atoms with Crippen LogP contribution in [-0.4, -0.2) is 20.2 Å². The number of ketones is 1. The van der Waals surface area contributed by atoms with E-state index in [9.17, 15) is 4.79 Å². The highest BCUT2D eigenvalue weighted by molar-refractivity contribution is 6.99. The second kappa shape index (κ2) is 8.52. The molecule has 2 nitrogen and oxygen atoms in total. The average molecular weight is 433 g/mol. The Bertz CT molecular complexity index is 876. The van der Waals surface area contributed by atoms with E-state index >= 15 is 0 Å². The predicted molar refractivity (Wildman–Crippen MR) is 131 cm³/mol. The number of Topliss-reactive ketones (excluding diaryl/α,β-unsaturated/α-hetero) is 1. The number of hydrogen-bond acceptors (Lipinski definition) is 2. The first kappa shape index (κ1) is 22.2. The molecule has 2 aliphatic rings. The molecule has 2 saturated carbocycles. The lowest BCUT2D eigenvalue weighted by atomic mass is 9.83. The third-order valence-corrected chi connectivity index (χ3v) is 12.8. The average Bonchev–Trinajstić information content (AvgIpc) is 3.22. The molecule has 0 radical (unpaired) electrons. The second-order valence-corrected chi connectivity index (χ2v) is 14.8. The molecule has 5 atom stereocenters. The van der Waals surface area contributed by atoms with Crippen molar-refractivity contribution >= 4 is 24.5 Å². The lowest BCUT2D eigenvalue weighted by molar-refractivity contribution is -0.121. The van der Waals surface area contributed by atoms with Crippen molar-refractivity contribution in [1.29, 1.82) is 0 Å². The number of carbonyl (C=O) groups excluding carboxylic acids is 1. The van der Waals surface area contributed by atoms with Gasteiger partial charge in [-0.2, -0.15) is 0 Å². The molecule has 0 bridgehead atoms. The second-order valence-electron chi connectivity index (χ2n) is 10.5. The summed E-state index contributed by atoms with van der Waals surface area (Å²) in [5.41, 5.74) is 0. The van der Waals surface area contributed by atoms with E-state index in [0.717, 1.165) is 19.3 Å². The molecule has 2 aromatic carbocycles. The largest absolute Gasteiger partial charge is 0.404 e. The van der Waals surface area contributed by atoms with Crippen LogP contribution in [0, 0.1) is 23.7 Å². The van der Waals surface area contributed by atoms with E-state index in [1.165, 1.54) is 10.4 Å². The van der Waals surface area contributed by atoms with Gasteiger partial charge in [0, 0.05) is 18.4 Å². The van der Waals surface area contributed by atoms with Gasteiger partial charge in [-0.25, -0.2) is 0 Å². The molecular formula is C28H36O2Si. The van der Waals surface area contributed by atoms with Crippen LogP contribution in [0.1, 0.15) is 47.0 Å². The third kappa shape index (κ3) is 3.76. The highest BCUT2D eigenvalue weighted by Gasteiger charge is 2.57. The van der Waals surface area contributed by atoms with Crippen molar-refractivity contribution in [3.63, 3.8) is 0 Å². The molecule has 0 spiro atoms. The molecule has 0 heterocycles. The van der Waals surface area contributed by atoms with Crippen molar-refractivity contribution in [1.82, 2.24) is 0 Å². The van der Waals surface area contributed by atoms with Crippen molar-refractivity contribution in [2.24, 2.45) is 23.7 Å². The molecule has 4 rings (SSSR count). The summed E-state index contributed by atoms with van der Waals surface area (Å²) in [5, 5.41) is 2.62. The molecular weight excluding hydrogens is 396 g/mol. The van der Waals surface area contributed by atoms with Gasteiger partial charge in [0.05, 0.1) is 0 Å². The molecule has 31 heavy (non-hydrogen) atoms. The van der Waals surface area contributed by atoms with E-state index in [0.29, 0.717) is 23.5 Å². The first-order chi connectivity index (χ1) is 14.8. The summed E-state index contributed by atoms with van der Waals surface area (Å²) in [6.07, 6.45) is 4.82. The number of benzene rings is 2. The lowest BCUT2D eigenvalue weighted by Gasteiger charge is -2.46. The minimum Gasteiger partial charge on any atom is -0.404 e. The Labute approximate surface area is 188 Å². The van der Waals surface area contributed by atoms with Gasteiger partial charge in [-0.15, -0.1) is 6.58 Å². The number of fused-ring (bicyclic) bond motifs is 1. The maximum atomic E-state index is 12.5. The predicted octanol–water partition coefficient (Wildman–Crippen LogP) is 5.37. The number of carbonyl (C=O) groups is 1. The normalized spacial score (nSPS) is 28.5. The van der Waals surface area contributed by atoms with E-state index in [1.54, 1.807) is 0 Å². The van der Waals surface area contributed by atoms with E-state index in [-0.39, 0.29) is 17.1 Å². The van der Waals surface area contributed by atoms with Crippen LogP contribution in [0.15, 0.2) is 73.3 Å². The van der Waals surface area contributed by atoms with Crippen molar-refractivity contribution in [2.75, 3.05) is 0 Å². The van der Waals surface area contributed by atoms with Crippen LogP contribution in [-0.2, 0) is 9.22 Å². The quantitative estimate of drug-likeness (QED) is 0.453. The molecule has 164 valence electrons. The molecule has 2 fully saturated rings. The molecule has 2 aliphatic carbocycles. The smallest absolute Gasteiger partial charge is 0.261 e. The molecule has 3 heteroatoms. The molecule has 0 aliphatic heterocycles. The van der Waals surface area contributed by atoms with Gasteiger partial charge in [0.15, 0.2) is 0 Å². The molecule has 0 N–H and O–H groups in total. The van der Waals surface area contributed by atoms with Crippen LogP contribution in [0.2, 0.25) is 5.04 Å². The van der Waals surface area contributed by atoms with E-state index < -0.39 is 8.32 Å². The first-order valence-electron chi connectivity index (χ1n) is 11.7. The van der Waals surface area contributed by atoms with E-state index in [1.807, 2.05) is 6.08 Å². The molecule has 0 aromatic heterocycles. The van der Waals surface area contributed by atoms with Crippen LogP contribution in [0.4, 0.5) is 0 Å². The Morgan fingerprint density at radius 3 is 2.06 bits per heavy atom. The summed E-state index contributed by atoms with van der Waals surface area (Å²) in [5.74, 6) is 1.82. The first-order valence-corrected chi connectivity index (χ1v) is 13.6. The van der Waals surface area contributed by atoms with Gasteiger partial charge in [0.2, 0.25) is 0 Å². The summed E-state index contributed by atoms with van der Waals surface area (Å²) in [7, 11) is -2.59. The highest BCUT2D eigenvalue weighted by atomic mass is 28.4. The maximum absolute atomic E-state index is 12.5. The fraction of sp³-hybridized carbons (Fsp3) is 0.464. The van der Waals surface area contributed by atoms with Crippen molar-refractivity contribution in [2.45, 2.75) is 58.1 Å². The molecule has 0 amide bonds. The minimum atomic E-state index is -2.59. The van der Waals surface area contributed by atoms with Gasteiger partial charge >= 0.3 is 0 Å². The summed E-state index contributed by atoms with van der Waals surface area (Å²) in [6.45, 7) is 13.2. The Balaban J connectivity index is 1.82. The third-order valence-electron chi connectivity index (χ3n) is 7.78. The van der Waals surface area contributed by atoms with Crippen molar-refractivity contribution in [3.05, 3.63) is 73.3 Å². The monoisotopic (exact) mass is 432 g/mol. The summed E-state index contributed by atoms with van der Waals surface area (Å²) < 4.78 is 7.50. The molecule has 0 saturated heterocycles. The number of rotatable bonds is 6. The Hall–Kier alpha value is -1.97. The van der Waals surface area contributed by atoms with Gasteiger partial charge in [0.25, 0.3) is 8.32 Å². The van der Waals surface area contributed by atoms with E-state index in [2.05, 4.69) is 94.9 Å². The maximum Gasteiger partial charge on any atom is 0.261 e. The zero-order valence-corrected chi connectivity index (χ0v) is 20.4. The van der Waals surface area contributed by atoms with Gasteiger partial charge < -0.3 is 4.43 Å². The minimum absolute atomic E-state index is 0.0342. The fourth-order valence-electron chi connectivity index (χ4n) is 6.44. The SMILES string of the molecule is C=CC[C@@H]1[C@@H]2[C@@H](CC(=O)[C@H]2C)C[C@H]1O[Si](c1ccccc1)(c1ccccc1)C(C)(C)C.